The number of rotatable bonds is 3. The number of aromatic nitrogens is 8. The van der Waals surface area contributed by atoms with Crippen LogP contribution in [0.15, 0.2) is 47.7 Å². The van der Waals surface area contributed by atoms with Gasteiger partial charge in [-0.3, -0.25) is 4.79 Å². The number of aryl methyl sites for hydroxylation is 2. The zero-order valence-corrected chi connectivity index (χ0v) is 17.4. The number of amides is 1. The van der Waals surface area contributed by atoms with E-state index < -0.39 is 6.04 Å². The topological polar surface area (TPSA) is 123 Å². The van der Waals surface area contributed by atoms with Gasteiger partial charge in [0.15, 0.2) is 0 Å². The SMILES string of the molecule is Cc1cccn2nc([C@H]3c4nc[nH]c4CCN3C(=O)c3nnc(-c4cn(C)cn4)o3)cc12. The Balaban J connectivity index is 1.41. The van der Waals surface area contributed by atoms with E-state index in [-0.39, 0.29) is 17.7 Å². The van der Waals surface area contributed by atoms with E-state index in [2.05, 4.69) is 25.1 Å². The molecule has 0 aromatic carbocycles. The van der Waals surface area contributed by atoms with Crippen molar-refractivity contribution in [3.63, 3.8) is 0 Å². The van der Waals surface area contributed by atoms with Crippen LogP contribution in [0.3, 0.4) is 0 Å². The van der Waals surface area contributed by atoms with Crippen molar-refractivity contribution >= 4 is 11.4 Å². The molecule has 6 rings (SSSR count). The first-order valence-electron chi connectivity index (χ1n) is 10.2. The maximum absolute atomic E-state index is 13.5. The summed E-state index contributed by atoms with van der Waals surface area (Å²) < 4.78 is 9.28. The average Bonchev–Trinajstić information content (AvgIpc) is 3.57. The van der Waals surface area contributed by atoms with Gasteiger partial charge in [-0.1, -0.05) is 6.07 Å². The predicted molar refractivity (Wildman–Crippen MR) is 112 cm³/mol. The lowest BCUT2D eigenvalue weighted by Crippen LogP contribution is -2.41. The molecule has 11 heteroatoms. The number of hydrogen-bond donors (Lipinski definition) is 1. The van der Waals surface area contributed by atoms with Crippen LogP contribution in [-0.2, 0) is 13.5 Å². The summed E-state index contributed by atoms with van der Waals surface area (Å²) in [4.78, 5) is 27.1. The standard InChI is InChI=1S/C21H19N9O2/c1-12-4-3-6-30-16(12)8-14(27-30)18-17-13(22-10-23-17)5-7-29(18)21(31)20-26-25-19(32-20)15-9-28(2)11-24-15/h3-4,6,8-11,18H,5,7H2,1-2H3,(H,22,23)/t18-/m0/s1. The number of nitrogens with one attached hydrogen (secondary N) is 1. The highest BCUT2D eigenvalue weighted by Gasteiger charge is 2.38. The van der Waals surface area contributed by atoms with Crippen LogP contribution in [0.25, 0.3) is 17.1 Å². The summed E-state index contributed by atoms with van der Waals surface area (Å²) in [5.74, 6) is -0.256. The summed E-state index contributed by atoms with van der Waals surface area (Å²) in [6.45, 7) is 2.50. The second-order valence-electron chi connectivity index (χ2n) is 7.84. The Labute approximate surface area is 181 Å². The molecule has 160 valence electrons. The molecule has 5 aromatic heterocycles. The predicted octanol–water partition coefficient (Wildman–Crippen LogP) is 1.94. The van der Waals surface area contributed by atoms with Gasteiger partial charge < -0.3 is 18.9 Å². The third-order valence-electron chi connectivity index (χ3n) is 5.73. The lowest BCUT2D eigenvalue weighted by molar-refractivity contribution is 0.0646. The smallest absolute Gasteiger partial charge is 0.312 e. The quantitative estimate of drug-likeness (QED) is 0.465. The first kappa shape index (κ1) is 18.5. The van der Waals surface area contributed by atoms with Crippen molar-refractivity contribution in [2.75, 3.05) is 6.54 Å². The zero-order chi connectivity index (χ0) is 21.8. The van der Waals surface area contributed by atoms with E-state index >= 15 is 0 Å². The van der Waals surface area contributed by atoms with Crippen LogP contribution in [-0.4, -0.2) is 56.7 Å². The summed E-state index contributed by atoms with van der Waals surface area (Å²) in [6, 6.07) is 5.50. The number of fused-ring (bicyclic) bond motifs is 2. The number of carbonyl (C=O) groups is 1. The maximum atomic E-state index is 13.5. The lowest BCUT2D eigenvalue weighted by Gasteiger charge is -2.32. The summed E-state index contributed by atoms with van der Waals surface area (Å²) in [6.07, 6.45) is 7.57. The molecule has 1 aliphatic heterocycles. The third-order valence-corrected chi connectivity index (χ3v) is 5.73. The van der Waals surface area contributed by atoms with Crippen LogP contribution in [0.2, 0.25) is 0 Å². The molecule has 0 unspecified atom stereocenters. The van der Waals surface area contributed by atoms with E-state index in [1.807, 2.05) is 42.9 Å². The minimum absolute atomic E-state index is 0.0883. The summed E-state index contributed by atoms with van der Waals surface area (Å²) in [5, 5.41) is 12.8. The van der Waals surface area contributed by atoms with Gasteiger partial charge in [0.25, 0.3) is 5.89 Å². The largest absolute Gasteiger partial charge is 0.411 e. The Hall–Kier alpha value is -4.28. The van der Waals surface area contributed by atoms with E-state index in [4.69, 9.17) is 9.52 Å². The highest BCUT2D eigenvalue weighted by Crippen LogP contribution is 2.34. The lowest BCUT2D eigenvalue weighted by atomic mass is 9.99. The highest BCUT2D eigenvalue weighted by molar-refractivity contribution is 5.90. The van der Waals surface area contributed by atoms with Crippen molar-refractivity contribution in [2.24, 2.45) is 7.05 Å². The van der Waals surface area contributed by atoms with Gasteiger partial charge in [-0.25, -0.2) is 14.5 Å². The van der Waals surface area contributed by atoms with Crippen LogP contribution >= 0.6 is 0 Å². The van der Waals surface area contributed by atoms with Crippen LogP contribution < -0.4 is 0 Å². The molecule has 0 saturated heterocycles. The fraction of sp³-hybridized carbons (Fsp3) is 0.238. The van der Waals surface area contributed by atoms with Gasteiger partial charge in [0.1, 0.15) is 11.7 Å². The van der Waals surface area contributed by atoms with Gasteiger partial charge in [-0.2, -0.15) is 5.10 Å². The Kier molecular flexibility index (Phi) is 3.97. The molecule has 1 amide bonds. The second kappa shape index (κ2) is 6.87. The van der Waals surface area contributed by atoms with Crippen molar-refractivity contribution in [1.29, 1.82) is 0 Å². The number of H-pyrrole nitrogens is 1. The third kappa shape index (κ3) is 2.82. The first-order valence-corrected chi connectivity index (χ1v) is 10.2. The molecule has 1 atom stereocenters. The van der Waals surface area contributed by atoms with Crippen LogP contribution in [0.1, 0.15) is 39.4 Å². The van der Waals surface area contributed by atoms with E-state index in [0.717, 1.165) is 28.2 Å². The van der Waals surface area contributed by atoms with Gasteiger partial charge >= 0.3 is 11.8 Å². The minimum atomic E-state index is -0.470. The van der Waals surface area contributed by atoms with Crippen molar-refractivity contribution in [1.82, 2.24) is 44.2 Å². The van der Waals surface area contributed by atoms with E-state index in [0.29, 0.717) is 18.7 Å². The Morgan fingerprint density at radius 3 is 3.00 bits per heavy atom. The van der Waals surface area contributed by atoms with Crippen LogP contribution in [0, 0.1) is 6.92 Å². The molecule has 0 aliphatic carbocycles. The van der Waals surface area contributed by atoms with E-state index in [1.54, 1.807) is 28.3 Å². The molecule has 5 aromatic rings. The fourth-order valence-corrected chi connectivity index (χ4v) is 4.16. The van der Waals surface area contributed by atoms with Crippen molar-refractivity contribution in [3.8, 4) is 11.6 Å². The molecule has 1 N–H and O–H groups in total. The molecule has 0 fully saturated rings. The maximum Gasteiger partial charge on any atom is 0.312 e. The first-order chi connectivity index (χ1) is 15.6. The highest BCUT2D eigenvalue weighted by atomic mass is 16.4. The van der Waals surface area contributed by atoms with Gasteiger partial charge in [0.2, 0.25) is 0 Å². The monoisotopic (exact) mass is 429 g/mol. The van der Waals surface area contributed by atoms with Crippen LogP contribution in [0.5, 0.6) is 0 Å². The minimum Gasteiger partial charge on any atom is -0.411 e. The number of carbonyl (C=O) groups excluding carboxylic acids is 1. The van der Waals surface area contributed by atoms with Crippen molar-refractivity contribution < 1.29 is 9.21 Å². The average molecular weight is 429 g/mol. The van der Waals surface area contributed by atoms with Crippen molar-refractivity contribution in [3.05, 3.63) is 71.8 Å². The Morgan fingerprint density at radius 2 is 2.19 bits per heavy atom. The van der Waals surface area contributed by atoms with Gasteiger partial charge in [-0.15, -0.1) is 10.2 Å². The molecule has 0 radical (unpaired) electrons. The normalized spacial score (nSPS) is 15.9. The Morgan fingerprint density at radius 1 is 1.28 bits per heavy atom. The van der Waals surface area contributed by atoms with E-state index in [1.165, 1.54) is 0 Å². The number of aromatic amines is 1. The Bertz CT molecular complexity index is 1460. The second-order valence-corrected chi connectivity index (χ2v) is 7.84. The number of hydrogen-bond acceptors (Lipinski definition) is 7. The molecule has 11 nitrogen and oxygen atoms in total. The fourth-order valence-electron chi connectivity index (χ4n) is 4.16. The molecule has 0 saturated carbocycles. The molecule has 32 heavy (non-hydrogen) atoms. The summed E-state index contributed by atoms with van der Waals surface area (Å²) >= 11 is 0. The summed E-state index contributed by atoms with van der Waals surface area (Å²) in [5.41, 5.74) is 5.08. The van der Waals surface area contributed by atoms with Crippen LogP contribution in [0.4, 0.5) is 0 Å². The molecule has 0 bridgehead atoms. The number of imidazole rings is 2. The van der Waals surface area contributed by atoms with Gasteiger partial charge in [0.05, 0.1) is 29.6 Å². The molecule has 0 spiro atoms. The summed E-state index contributed by atoms with van der Waals surface area (Å²) in [7, 11) is 1.84. The molecule has 1 aliphatic rings. The molecular formula is C21H19N9O2. The zero-order valence-electron chi connectivity index (χ0n) is 17.4. The van der Waals surface area contributed by atoms with Gasteiger partial charge in [0, 0.05) is 38.1 Å². The number of nitrogens with zero attached hydrogens (tertiary/aromatic N) is 8. The van der Waals surface area contributed by atoms with Crippen molar-refractivity contribution in [2.45, 2.75) is 19.4 Å². The number of pyridine rings is 1. The molecular weight excluding hydrogens is 410 g/mol. The van der Waals surface area contributed by atoms with Gasteiger partial charge in [-0.05, 0) is 24.6 Å². The van der Waals surface area contributed by atoms with E-state index in [9.17, 15) is 4.79 Å². The molecule has 6 heterocycles.